The van der Waals surface area contributed by atoms with E-state index >= 15 is 0 Å². The molecule has 3 heterocycles. The number of H-pyrrole nitrogens is 1. The number of benzene rings is 1. The smallest absolute Gasteiger partial charge is 0.269 e. The summed E-state index contributed by atoms with van der Waals surface area (Å²) < 4.78 is 11.1. The highest BCUT2D eigenvalue weighted by Gasteiger charge is 2.27. The van der Waals surface area contributed by atoms with Crippen LogP contribution in [-0.2, 0) is 22.6 Å². The number of nitrogens with zero attached hydrogens (tertiary/aromatic N) is 2. The van der Waals surface area contributed by atoms with Gasteiger partial charge in [0.05, 0.1) is 36.6 Å². The highest BCUT2D eigenvalue weighted by Crippen LogP contribution is 2.29. The average molecular weight is 386 g/mol. The molecular weight excluding hydrogens is 360 g/mol. The number of carbonyl (C=O) groups is 2. The van der Waals surface area contributed by atoms with Gasteiger partial charge in [0.2, 0.25) is 5.91 Å². The van der Waals surface area contributed by atoms with Crippen LogP contribution in [0.1, 0.15) is 48.4 Å². The number of ether oxygens (including phenoxy) is 2. The summed E-state index contributed by atoms with van der Waals surface area (Å²) in [6.07, 6.45) is 2.09. The summed E-state index contributed by atoms with van der Waals surface area (Å²) in [5.74, 6) is 0.410. The number of primary amides is 1. The molecule has 0 saturated heterocycles. The average Bonchev–Trinajstić information content (AvgIpc) is 2.94. The Morgan fingerprint density at radius 1 is 1.29 bits per heavy atom. The van der Waals surface area contributed by atoms with Crippen molar-refractivity contribution in [2.24, 2.45) is 5.73 Å². The van der Waals surface area contributed by atoms with E-state index in [0.717, 1.165) is 35.5 Å². The summed E-state index contributed by atoms with van der Waals surface area (Å²) in [5, 5.41) is 6.72. The normalized spacial score (nSPS) is 17.8. The van der Waals surface area contributed by atoms with E-state index in [9.17, 15) is 9.59 Å². The van der Waals surface area contributed by atoms with Crippen molar-refractivity contribution in [2.45, 2.75) is 45.3 Å². The SMILES string of the molecule is CC1(C)CCc2c(C(N)=O)n[nH]c2CO1.CN1C(=O)CCOc2ccccc21. The van der Waals surface area contributed by atoms with Crippen molar-refractivity contribution in [2.75, 3.05) is 18.6 Å². The van der Waals surface area contributed by atoms with Crippen molar-refractivity contribution >= 4 is 17.5 Å². The van der Waals surface area contributed by atoms with Crippen molar-refractivity contribution < 1.29 is 19.1 Å². The standard InChI is InChI=1S/C10H15N3O2.C10H11NO2/c1-10(2)4-3-6-7(5-15-10)12-13-8(6)9(11)14;1-11-8-4-2-3-5-9(8)13-7-6-10(11)12/h3-5H2,1-2H3,(H2,11,14)(H,12,13);2-5H,6-7H2,1H3. The number of nitrogens with one attached hydrogen (secondary N) is 1. The molecule has 150 valence electrons. The lowest BCUT2D eigenvalue weighted by molar-refractivity contribution is -0.118. The third kappa shape index (κ3) is 4.33. The minimum absolute atomic E-state index is 0.102. The Bertz CT molecular complexity index is 875. The fourth-order valence-corrected chi connectivity index (χ4v) is 3.17. The third-order valence-electron chi connectivity index (χ3n) is 4.94. The van der Waals surface area contributed by atoms with Gasteiger partial charge < -0.3 is 20.1 Å². The van der Waals surface area contributed by atoms with E-state index in [1.807, 2.05) is 38.1 Å². The largest absolute Gasteiger partial charge is 0.491 e. The van der Waals surface area contributed by atoms with Gasteiger partial charge in [-0.1, -0.05) is 12.1 Å². The zero-order valence-electron chi connectivity index (χ0n) is 16.4. The number of hydrogen-bond donors (Lipinski definition) is 2. The molecule has 0 atom stereocenters. The van der Waals surface area contributed by atoms with Crippen molar-refractivity contribution in [1.29, 1.82) is 0 Å². The van der Waals surface area contributed by atoms with Gasteiger partial charge in [-0.3, -0.25) is 14.7 Å². The maximum absolute atomic E-state index is 11.4. The van der Waals surface area contributed by atoms with E-state index in [2.05, 4.69) is 10.2 Å². The van der Waals surface area contributed by atoms with Crippen molar-refractivity contribution in [3.8, 4) is 5.75 Å². The van der Waals surface area contributed by atoms with Crippen LogP contribution >= 0.6 is 0 Å². The lowest BCUT2D eigenvalue weighted by atomic mass is 9.99. The maximum Gasteiger partial charge on any atom is 0.269 e. The van der Waals surface area contributed by atoms with E-state index in [4.69, 9.17) is 15.2 Å². The van der Waals surface area contributed by atoms with Crippen LogP contribution in [0, 0.1) is 0 Å². The Morgan fingerprint density at radius 2 is 2.04 bits per heavy atom. The van der Waals surface area contributed by atoms with Gasteiger partial charge in [0.25, 0.3) is 5.91 Å². The molecule has 28 heavy (non-hydrogen) atoms. The van der Waals surface area contributed by atoms with Crippen LogP contribution in [0.4, 0.5) is 5.69 Å². The molecule has 2 aliphatic heterocycles. The van der Waals surface area contributed by atoms with E-state index < -0.39 is 5.91 Å². The fourth-order valence-electron chi connectivity index (χ4n) is 3.17. The topological polar surface area (TPSA) is 111 Å². The van der Waals surface area contributed by atoms with Crippen molar-refractivity contribution in [3.05, 3.63) is 41.2 Å². The van der Waals surface area contributed by atoms with Crippen molar-refractivity contribution in [1.82, 2.24) is 10.2 Å². The number of amides is 2. The number of para-hydroxylation sites is 2. The molecule has 0 fully saturated rings. The second kappa shape index (κ2) is 8.02. The summed E-state index contributed by atoms with van der Waals surface area (Å²) in [6, 6.07) is 7.57. The zero-order valence-corrected chi connectivity index (χ0v) is 16.4. The Labute approximate surface area is 164 Å². The van der Waals surface area contributed by atoms with Gasteiger partial charge in [0, 0.05) is 12.6 Å². The zero-order chi connectivity index (χ0) is 20.3. The first-order chi connectivity index (χ1) is 13.3. The number of fused-ring (bicyclic) bond motifs is 2. The molecule has 8 heteroatoms. The molecule has 3 N–H and O–H groups in total. The van der Waals surface area contributed by atoms with Gasteiger partial charge in [-0.15, -0.1) is 0 Å². The van der Waals surface area contributed by atoms with Gasteiger partial charge in [-0.2, -0.15) is 5.10 Å². The van der Waals surface area contributed by atoms with Crippen LogP contribution < -0.4 is 15.4 Å². The second-order valence-corrected chi connectivity index (χ2v) is 7.46. The number of aromatic nitrogens is 2. The number of anilines is 1. The van der Waals surface area contributed by atoms with Gasteiger partial charge in [-0.25, -0.2) is 0 Å². The Kier molecular flexibility index (Phi) is 5.69. The molecule has 4 rings (SSSR count). The highest BCUT2D eigenvalue weighted by atomic mass is 16.5. The summed E-state index contributed by atoms with van der Waals surface area (Å²) in [6.45, 7) is 5.01. The monoisotopic (exact) mass is 386 g/mol. The van der Waals surface area contributed by atoms with E-state index in [1.54, 1.807) is 11.9 Å². The summed E-state index contributed by atoms with van der Waals surface area (Å²) in [4.78, 5) is 24.2. The van der Waals surface area contributed by atoms with Gasteiger partial charge in [-0.05, 0) is 38.8 Å². The molecule has 2 aromatic rings. The molecule has 1 aromatic heterocycles. The number of carbonyl (C=O) groups excluding carboxylic acids is 2. The third-order valence-corrected chi connectivity index (χ3v) is 4.94. The first-order valence-electron chi connectivity index (χ1n) is 9.27. The molecule has 0 bridgehead atoms. The summed E-state index contributed by atoms with van der Waals surface area (Å²) in [7, 11) is 1.77. The van der Waals surface area contributed by atoms with Crippen molar-refractivity contribution in [3.63, 3.8) is 0 Å². The lowest BCUT2D eigenvalue weighted by Gasteiger charge is -2.22. The van der Waals surface area contributed by atoms with Gasteiger partial charge in [0.15, 0.2) is 5.69 Å². The maximum atomic E-state index is 11.4. The van der Waals surface area contributed by atoms with Crippen LogP contribution in [0.3, 0.4) is 0 Å². The first kappa shape index (κ1) is 19.9. The predicted molar refractivity (Wildman–Crippen MR) is 104 cm³/mol. The molecule has 0 aliphatic carbocycles. The number of aromatic amines is 1. The molecule has 0 saturated carbocycles. The lowest BCUT2D eigenvalue weighted by Crippen LogP contribution is -2.24. The molecular formula is C20H26N4O4. The number of nitrogens with two attached hydrogens (primary N) is 1. The quantitative estimate of drug-likeness (QED) is 0.780. The van der Waals surface area contributed by atoms with Crippen LogP contribution in [-0.4, -0.2) is 41.3 Å². The number of hydrogen-bond acceptors (Lipinski definition) is 5. The Morgan fingerprint density at radius 3 is 2.79 bits per heavy atom. The minimum Gasteiger partial charge on any atom is -0.491 e. The highest BCUT2D eigenvalue weighted by molar-refractivity contribution is 5.95. The van der Waals surface area contributed by atoms with Gasteiger partial charge in [0.1, 0.15) is 5.75 Å². The van der Waals surface area contributed by atoms with Crippen LogP contribution in [0.2, 0.25) is 0 Å². The van der Waals surface area contributed by atoms with Gasteiger partial charge >= 0.3 is 0 Å². The van der Waals surface area contributed by atoms with Crippen LogP contribution in [0.25, 0.3) is 0 Å². The predicted octanol–water partition coefficient (Wildman–Crippen LogP) is 2.18. The minimum atomic E-state index is -0.479. The van der Waals surface area contributed by atoms with Crippen LogP contribution in [0.5, 0.6) is 5.75 Å². The first-order valence-corrected chi connectivity index (χ1v) is 9.27. The van der Waals surface area contributed by atoms with E-state index in [1.165, 1.54) is 0 Å². The molecule has 2 aliphatic rings. The Balaban J connectivity index is 0.000000162. The fraction of sp³-hybridized carbons (Fsp3) is 0.450. The molecule has 8 nitrogen and oxygen atoms in total. The summed E-state index contributed by atoms with van der Waals surface area (Å²) >= 11 is 0. The Hall–Kier alpha value is -2.87. The molecule has 0 unspecified atom stereocenters. The number of rotatable bonds is 1. The summed E-state index contributed by atoms with van der Waals surface area (Å²) in [5.41, 5.74) is 8.07. The second-order valence-electron chi connectivity index (χ2n) is 7.46. The molecule has 1 aromatic carbocycles. The molecule has 0 radical (unpaired) electrons. The molecule has 2 amide bonds. The van der Waals surface area contributed by atoms with Crippen LogP contribution in [0.15, 0.2) is 24.3 Å². The van der Waals surface area contributed by atoms with E-state index in [0.29, 0.717) is 25.3 Å². The van der Waals surface area contributed by atoms with E-state index in [-0.39, 0.29) is 11.5 Å². The molecule has 0 spiro atoms.